The predicted octanol–water partition coefficient (Wildman–Crippen LogP) is 1.64. The molecule has 1 unspecified atom stereocenters. The van der Waals surface area contributed by atoms with E-state index in [1.165, 1.54) is 0 Å². The summed E-state index contributed by atoms with van der Waals surface area (Å²) in [5, 5.41) is 0. The van der Waals surface area contributed by atoms with Gasteiger partial charge in [0.2, 0.25) is 5.91 Å². The number of nitrogens with two attached hydrogens (primary N) is 1. The first-order chi connectivity index (χ1) is 11.3. The highest BCUT2D eigenvalue weighted by Gasteiger charge is 2.29. The number of carbonyl (C=O) groups is 2. The van der Waals surface area contributed by atoms with Gasteiger partial charge in [-0.25, -0.2) is 4.79 Å². The second-order valence-corrected chi connectivity index (χ2v) is 7.09. The molecule has 1 heterocycles. The van der Waals surface area contributed by atoms with Crippen molar-refractivity contribution in [2.45, 2.75) is 38.8 Å². The van der Waals surface area contributed by atoms with Crippen LogP contribution in [0.4, 0.5) is 4.79 Å². The fourth-order valence-electron chi connectivity index (χ4n) is 2.63. The van der Waals surface area contributed by atoms with Gasteiger partial charge in [-0.1, -0.05) is 30.3 Å². The van der Waals surface area contributed by atoms with E-state index in [0.717, 1.165) is 5.56 Å². The van der Waals surface area contributed by atoms with E-state index < -0.39 is 11.6 Å². The Labute approximate surface area is 143 Å². The number of amides is 2. The van der Waals surface area contributed by atoms with Gasteiger partial charge in [-0.05, 0) is 32.8 Å². The van der Waals surface area contributed by atoms with Crippen molar-refractivity contribution in [3.05, 3.63) is 35.9 Å². The van der Waals surface area contributed by atoms with Crippen molar-refractivity contribution >= 4 is 12.0 Å². The normalized spacial score (nSPS) is 16.7. The van der Waals surface area contributed by atoms with Crippen LogP contribution in [0.15, 0.2) is 30.3 Å². The number of benzene rings is 1. The van der Waals surface area contributed by atoms with E-state index in [0.29, 0.717) is 32.6 Å². The average Bonchev–Trinajstić information content (AvgIpc) is 2.53. The fourth-order valence-corrected chi connectivity index (χ4v) is 2.63. The van der Waals surface area contributed by atoms with Gasteiger partial charge in [0, 0.05) is 26.2 Å². The van der Waals surface area contributed by atoms with Crippen LogP contribution >= 0.6 is 0 Å². The highest BCUT2D eigenvalue weighted by molar-refractivity contribution is 5.82. The van der Waals surface area contributed by atoms with Crippen LogP contribution in [0.2, 0.25) is 0 Å². The van der Waals surface area contributed by atoms with Crippen LogP contribution in [0.1, 0.15) is 26.3 Å². The number of hydrogen-bond donors (Lipinski definition) is 1. The summed E-state index contributed by atoms with van der Waals surface area (Å²) in [6.45, 7) is 7.44. The summed E-state index contributed by atoms with van der Waals surface area (Å²) in [7, 11) is 0. The number of hydrogen-bond acceptors (Lipinski definition) is 4. The zero-order valence-electron chi connectivity index (χ0n) is 14.7. The second kappa shape index (κ2) is 7.66. The molecule has 24 heavy (non-hydrogen) atoms. The van der Waals surface area contributed by atoms with Crippen molar-refractivity contribution in [1.82, 2.24) is 9.80 Å². The number of carbonyl (C=O) groups excluding carboxylic acids is 2. The molecule has 0 aliphatic carbocycles. The molecule has 6 nitrogen and oxygen atoms in total. The van der Waals surface area contributed by atoms with E-state index in [9.17, 15) is 9.59 Å². The van der Waals surface area contributed by atoms with Crippen molar-refractivity contribution in [2.75, 3.05) is 26.2 Å². The van der Waals surface area contributed by atoms with E-state index in [2.05, 4.69) is 0 Å². The van der Waals surface area contributed by atoms with Gasteiger partial charge in [0.15, 0.2) is 0 Å². The van der Waals surface area contributed by atoms with Crippen LogP contribution in [-0.2, 0) is 16.0 Å². The number of nitrogens with zero attached hydrogens (tertiary/aromatic N) is 2. The first-order valence-electron chi connectivity index (χ1n) is 8.32. The topological polar surface area (TPSA) is 75.9 Å². The smallest absolute Gasteiger partial charge is 0.410 e. The zero-order chi connectivity index (χ0) is 17.7. The molecule has 2 N–H and O–H groups in total. The molecule has 132 valence electrons. The molecule has 0 aromatic heterocycles. The van der Waals surface area contributed by atoms with Crippen LogP contribution in [0.25, 0.3) is 0 Å². The lowest BCUT2D eigenvalue weighted by Gasteiger charge is -2.36. The van der Waals surface area contributed by atoms with Crippen LogP contribution < -0.4 is 5.73 Å². The fraction of sp³-hybridized carbons (Fsp3) is 0.556. The molecule has 1 aliphatic heterocycles. The first-order valence-corrected chi connectivity index (χ1v) is 8.32. The Hall–Kier alpha value is -2.08. The highest BCUT2D eigenvalue weighted by atomic mass is 16.6. The van der Waals surface area contributed by atoms with Crippen molar-refractivity contribution in [3.8, 4) is 0 Å². The monoisotopic (exact) mass is 333 g/mol. The third kappa shape index (κ3) is 5.23. The summed E-state index contributed by atoms with van der Waals surface area (Å²) >= 11 is 0. The molecule has 1 atom stereocenters. The second-order valence-electron chi connectivity index (χ2n) is 7.09. The van der Waals surface area contributed by atoms with E-state index in [1.54, 1.807) is 9.80 Å². The molecule has 6 heteroatoms. The molecule has 1 aromatic carbocycles. The maximum atomic E-state index is 12.5. The molecule has 2 rings (SSSR count). The molecular formula is C18H27N3O3. The van der Waals surface area contributed by atoms with E-state index in [-0.39, 0.29) is 12.0 Å². The summed E-state index contributed by atoms with van der Waals surface area (Å²) in [6, 6.07) is 9.19. The molecule has 1 fully saturated rings. The molecule has 0 spiro atoms. The summed E-state index contributed by atoms with van der Waals surface area (Å²) in [5.74, 6) is -0.0670. The van der Waals surface area contributed by atoms with Crippen LogP contribution in [-0.4, -0.2) is 59.6 Å². The van der Waals surface area contributed by atoms with Crippen molar-refractivity contribution in [3.63, 3.8) is 0 Å². The Kier molecular flexibility index (Phi) is 5.83. The minimum atomic E-state index is -0.555. The molecule has 0 bridgehead atoms. The minimum Gasteiger partial charge on any atom is -0.444 e. The van der Waals surface area contributed by atoms with Crippen LogP contribution in [0.5, 0.6) is 0 Å². The lowest BCUT2D eigenvalue weighted by Crippen LogP contribution is -2.55. The van der Waals surface area contributed by atoms with E-state index in [1.807, 2.05) is 51.1 Å². The van der Waals surface area contributed by atoms with Gasteiger partial charge in [0.25, 0.3) is 0 Å². The summed E-state index contributed by atoms with van der Waals surface area (Å²) in [6.07, 6.45) is 0.189. The van der Waals surface area contributed by atoms with E-state index in [4.69, 9.17) is 10.5 Å². The Morgan fingerprint density at radius 3 is 2.17 bits per heavy atom. The Morgan fingerprint density at radius 2 is 1.62 bits per heavy atom. The number of rotatable bonds is 3. The third-order valence-corrected chi connectivity index (χ3v) is 3.86. The predicted molar refractivity (Wildman–Crippen MR) is 92.5 cm³/mol. The Balaban J connectivity index is 1.83. The highest BCUT2D eigenvalue weighted by Crippen LogP contribution is 2.13. The Bertz CT molecular complexity index is 561. The molecule has 1 saturated heterocycles. The van der Waals surface area contributed by atoms with Crippen molar-refractivity contribution in [2.24, 2.45) is 5.73 Å². The average molecular weight is 333 g/mol. The maximum Gasteiger partial charge on any atom is 0.410 e. The van der Waals surface area contributed by atoms with Crippen LogP contribution in [0, 0.1) is 0 Å². The number of ether oxygens (including phenoxy) is 1. The minimum absolute atomic E-state index is 0.0670. The van der Waals surface area contributed by atoms with E-state index >= 15 is 0 Å². The van der Waals surface area contributed by atoms with Gasteiger partial charge in [-0.15, -0.1) is 0 Å². The summed E-state index contributed by atoms with van der Waals surface area (Å²) in [4.78, 5) is 27.9. The lowest BCUT2D eigenvalue weighted by atomic mass is 10.1. The lowest BCUT2D eigenvalue weighted by molar-refractivity contribution is -0.134. The SMILES string of the molecule is CC(C)(C)OC(=O)N1CCN(C(=O)C(N)Cc2ccccc2)CC1. The molecule has 1 aliphatic rings. The summed E-state index contributed by atoms with van der Waals surface area (Å²) in [5.41, 5.74) is 6.60. The summed E-state index contributed by atoms with van der Waals surface area (Å²) < 4.78 is 5.36. The molecule has 1 aromatic rings. The zero-order valence-corrected chi connectivity index (χ0v) is 14.7. The van der Waals surface area contributed by atoms with Crippen LogP contribution in [0.3, 0.4) is 0 Å². The van der Waals surface area contributed by atoms with Crippen molar-refractivity contribution < 1.29 is 14.3 Å². The van der Waals surface area contributed by atoms with Gasteiger partial charge in [-0.3, -0.25) is 4.79 Å². The van der Waals surface area contributed by atoms with Gasteiger partial charge in [0.05, 0.1) is 6.04 Å². The third-order valence-electron chi connectivity index (χ3n) is 3.86. The first kappa shape index (κ1) is 18.3. The quantitative estimate of drug-likeness (QED) is 0.912. The molecular weight excluding hydrogens is 306 g/mol. The number of piperazine rings is 1. The van der Waals surface area contributed by atoms with Crippen molar-refractivity contribution in [1.29, 1.82) is 0 Å². The molecule has 2 amide bonds. The van der Waals surface area contributed by atoms with Gasteiger partial charge < -0.3 is 20.3 Å². The molecule has 0 radical (unpaired) electrons. The van der Waals surface area contributed by atoms with Gasteiger partial charge in [0.1, 0.15) is 5.60 Å². The Morgan fingerprint density at radius 1 is 1.08 bits per heavy atom. The maximum absolute atomic E-state index is 12.5. The standard InChI is InChI=1S/C18H27N3O3/c1-18(2,3)24-17(23)21-11-9-20(10-12-21)16(22)15(19)13-14-7-5-4-6-8-14/h4-8,15H,9-13,19H2,1-3H3. The largest absolute Gasteiger partial charge is 0.444 e. The van der Waals surface area contributed by atoms with Gasteiger partial charge in [-0.2, -0.15) is 0 Å². The molecule has 0 saturated carbocycles. The van der Waals surface area contributed by atoms with Gasteiger partial charge >= 0.3 is 6.09 Å².